The van der Waals surface area contributed by atoms with Gasteiger partial charge in [0, 0.05) is 42.1 Å². The Hall–Kier alpha value is -1.18. The van der Waals surface area contributed by atoms with Gasteiger partial charge in [-0.15, -0.1) is 23.1 Å². The summed E-state index contributed by atoms with van der Waals surface area (Å²) in [5, 5.41) is 5.42. The lowest BCUT2D eigenvalue weighted by Gasteiger charge is -2.19. The molecule has 0 unspecified atom stereocenters. The molecule has 1 saturated heterocycles. The lowest BCUT2D eigenvalue weighted by Crippen LogP contribution is -2.34. The molecule has 22 heavy (non-hydrogen) atoms. The molecule has 5 nitrogen and oxygen atoms in total. The second-order valence-corrected chi connectivity index (χ2v) is 7.66. The van der Waals surface area contributed by atoms with Crippen molar-refractivity contribution >= 4 is 39.2 Å². The number of hydrogen-bond donors (Lipinski definition) is 1. The molecule has 7 heteroatoms. The number of aromatic nitrogens is 2. The molecular weight excluding hydrogens is 316 g/mol. The minimum Gasteiger partial charge on any atom is -0.341 e. The number of nitrogens with zero attached hydrogens (tertiary/aromatic N) is 3. The largest absolute Gasteiger partial charge is 0.341 e. The molecule has 1 fully saturated rings. The maximum atomic E-state index is 12.3. The quantitative estimate of drug-likeness (QED) is 0.686. The van der Waals surface area contributed by atoms with Crippen LogP contribution in [-0.4, -0.2) is 52.7 Å². The monoisotopic (exact) mass is 336 g/mol. The Morgan fingerprint density at radius 1 is 1.41 bits per heavy atom. The summed E-state index contributed by atoms with van der Waals surface area (Å²) in [4.78, 5) is 25.2. The van der Waals surface area contributed by atoms with Crippen LogP contribution in [0.5, 0.6) is 0 Å². The summed E-state index contributed by atoms with van der Waals surface area (Å²) in [6.07, 6.45) is 3.22. The first-order chi connectivity index (χ1) is 10.7. The lowest BCUT2D eigenvalue weighted by molar-refractivity contribution is -0.130. The van der Waals surface area contributed by atoms with Crippen LogP contribution in [0.15, 0.2) is 17.4 Å². The topological polar surface area (TPSA) is 58.1 Å². The van der Waals surface area contributed by atoms with Crippen molar-refractivity contribution in [1.29, 1.82) is 0 Å². The maximum Gasteiger partial charge on any atom is 0.223 e. The van der Waals surface area contributed by atoms with E-state index in [1.807, 2.05) is 4.90 Å². The molecular formula is C15H20N4OS2. The van der Waals surface area contributed by atoms with Gasteiger partial charge in [-0.3, -0.25) is 4.79 Å². The van der Waals surface area contributed by atoms with Crippen LogP contribution in [0.4, 0.5) is 0 Å². The van der Waals surface area contributed by atoms with Gasteiger partial charge in [0.1, 0.15) is 16.2 Å². The Morgan fingerprint density at radius 3 is 3.23 bits per heavy atom. The molecule has 1 aliphatic heterocycles. The Bertz CT molecular complexity index is 650. The molecule has 0 aromatic carbocycles. The highest BCUT2D eigenvalue weighted by molar-refractivity contribution is 7.99. The van der Waals surface area contributed by atoms with E-state index in [4.69, 9.17) is 0 Å². The highest BCUT2D eigenvalue weighted by Gasteiger charge is 2.15. The van der Waals surface area contributed by atoms with Gasteiger partial charge in [0.2, 0.25) is 5.91 Å². The molecule has 1 amide bonds. The molecule has 1 N–H and O–H groups in total. The summed E-state index contributed by atoms with van der Waals surface area (Å²) in [7, 11) is 0. The van der Waals surface area contributed by atoms with Crippen LogP contribution >= 0.6 is 23.1 Å². The van der Waals surface area contributed by atoms with E-state index in [9.17, 15) is 4.79 Å². The number of thioether (sulfide) groups is 1. The molecule has 0 saturated carbocycles. The van der Waals surface area contributed by atoms with Crippen molar-refractivity contribution in [3.8, 4) is 0 Å². The predicted octanol–water partition coefficient (Wildman–Crippen LogP) is 2.30. The van der Waals surface area contributed by atoms with Crippen molar-refractivity contribution in [2.24, 2.45) is 0 Å². The Morgan fingerprint density at radius 2 is 2.32 bits per heavy atom. The van der Waals surface area contributed by atoms with Crippen molar-refractivity contribution in [2.45, 2.75) is 24.8 Å². The summed E-state index contributed by atoms with van der Waals surface area (Å²) in [6.45, 7) is 5.69. The fourth-order valence-corrected chi connectivity index (χ4v) is 4.37. The average molecular weight is 336 g/mol. The number of amides is 1. The minimum absolute atomic E-state index is 0.253. The normalized spacial score (nSPS) is 16.0. The smallest absolute Gasteiger partial charge is 0.223 e. The van der Waals surface area contributed by atoms with E-state index in [1.165, 1.54) is 4.88 Å². The third-order valence-corrected chi connectivity index (χ3v) is 5.63. The molecule has 2 aromatic rings. The van der Waals surface area contributed by atoms with Gasteiger partial charge in [0.25, 0.3) is 0 Å². The first kappa shape index (κ1) is 15.7. The lowest BCUT2D eigenvalue weighted by atomic mass is 10.3. The number of thiophene rings is 1. The number of fused-ring (bicyclic) bond motifs is 1. The van der Waals surface area contributed by atoms with E-state index >= 15 is 0 Å². The van der Waals surface area contributed by atoms with Gasteiger partial charge in [-0.05, 0) is 26.0 Å². The van der Waals surface area contributed by atoms with Crippen LogP contribution < -0.4 is 5.32 Å². The third kappa shape index (κ3) is 3.77. The highest BCUT2D eigenvalue weighted by Crippen LogP contribution is 2.30. The second kappa shape index (κ2) is 7.39. The van der Waals surface area contributed by atoms with E-state index in [0.29, 0.717) is 6.42 Å². The summed E-state index contributed by atoms with van der Waals surface area (Å²) < 4.78 is 0. The number of rotatable bonds is 4. The van der Waals surface area contributed by atoms with Crippen LogP contribution in [0.3, 0.4) is 0 Å². The van der Waals surface area contributed by atoms with Crippen LogP contribution in [-0.2, 0) is 4.79 Å². The summed E-state index contributed by atoms with van der Waals surface area (Å²) in [6, 6.07) is 2.13. The summed E-state index contributed by atoms with van der Waals surface area (Å²) in [5.41, 5.74) is 0. The fourth-order valence-electron chi connectivity index (χ4n) is 2.56. The van der Waals surface area contributed by atoms with Gasteiger partial charge in [0.15, 0.2) is 0 Å². The second-order valence-electron chi connectivity index (χ2n) is 5.34. The molecule has 2 aromatic heterocycles. The number of nitrogens with one attached hydrogen (secondary N) is 1. The molecule has 1 aliphatic rings. The molecule has 0 radical (unpaired) electrons. The number of hydrogen-bond acceptors (Lipinski definition) is 6. The maximum absolute atomic E-state index is 12.3. The van der Waals surface area contributed by atoms with Gasteiger partial charge in [-0.2, -0.15) is 0 Å². The van der Waals surface area contributed by atoms with Gasteiger partial charge >= 0.3 is 0 Å². The average Bonchev–Trinajstić information content (AvgIpc) is 2.73. The SMILES string of the molecule is Cc1cc2c(SCCC(=O)N3CCCNCC3)ncnc2s1. The van der Waals surface area contributed by atoms with Crippen molar-refractivity contribution in [2.75, 3.05) is 31.9 Å². The first-order valence-electron chi connectivity index (χ1n) is 7.56. The van der Waals surface area contributed by atoms with E-state index in [0.717, 1.165) is 53.6 Å². The Labute approximate surface area is 138 Å². The molecule has 0 bridgehead atoms. The fraction of sp³-hybridized carbons (Fsp3) is 0.533. The van der Waals surface area contributed by atoms with Gasteiger partial charge in [0.05, 0.1) is 0 Å². The highest BCUT2D eigenvalue weighted by atomic mass is 32.2. The number of carbonyl (C=O) groups is 1. The van der Waals surface area contributed by atoms with Gasteiger partial charge in [-0.25, -0.2) is 9.97 Å². The predicted molar refractivity (Wildman–Crippen MR) is 91.6 cm³/mol. The van der Waals surface area contributed by atoms with Crippen molar-refractivity contribution in [3.63, 3.8) is 0 Å². The number of carbonyl (C=O) groups excluding carboxylic acids is 1. The molecule has 3 rings (SSSR count). The zero-order valence-corrected chi connectivity index (χ0v) is 14.3. The molecule has 0 spiro atoms. The van der Waals surface area contributed by atoms with E-state index in [-0.39, 0.29) is 5.91 Å². The Balaban J connectivity index is 1.56. The molecule has 0 atom stereocenters. The summed E-state index contributed by atoms with van der Waals surface area (Å²) in [5.74, 6) is 1.02. The Kier molecular flexibility index (Phi) is 5.28. The summed E-state index contributed by atoms with van der Waals surface area (Å²) >= 11 is 3.34. The van der Waals surface area contributed by atoms with E-state index in [1.54, 1.807) is 29.4 Å². The molecule has 118 valence electrons. The standard InChI is InChI=1S/C15H20N4OS2/c1-11-9-12-14(17-10-18-15(12)22-11)21-8-3-13(20)19-6-2-4-16-5-7-19/h9-10,16H,2-8H2,1H3. The third-order valence-electron chi connectivity index (χ3n) is 3.66. The minimum atomic E-state index is 0.253. The van der Waals surface area contributed by atoms with Crippen LogP contribution in [0.2, 0.25) is 0 Å². The molecule has 3 heterocycles. The van der Waals surface area contributed by atoms with Crippen molar-refractivity contribution in [1.82, 2.24) is 20.2 Å². The van der Waals surface area contributed by atoms with Crippen LogP contribution in [0.25, 0.3) is 10.2 Å². The van der Waals surface area contributed by atoms with Crippen LogP contribution in [0, 0.1) is 6.92 Å². The first-order valence-corrected chi connectivity index (χ1v) is 9.36. The van der Waals surface area contributed by atoms with Crippen LogP contribution in [0.1, 0.15) is 17.7 Å². The number of aryl methyl sites for hydroxylation is 1. The van der Waals surface area contributed by atoms with Gasteiger partial charge < -0.3 is 10.2 Å². The van der Waals surface area contributed by atoms with Crippen molar-refractivity contribution in [3.05, 3.63) is 17.3 Å². The zero-order chi connectivity index (χ0) is 15.4. The van der Waals surface area contributed by atoms with E-state index < -0.39 is 0 Å². The van der Waals surface area contributed by atoms with Gasteiger partial charge in [-0.1, -0.05) is 0 Å². The van der Waals surface area contributed by atoms with E-state index in [2.05, 4.69) is 28.3 Å². The zero-order valence-electron chi connectivity index (χ0n) is 12.7. The van der Waals surface area contributed by atoms with Crippen molar-refractivity contribution < 1.29 is 4.79 Å². The molecule has 0 aliphatic carbocycles.